The number of amides is 1. The van der Waals surface area contributed by atoms with E-state index in [4.69, 9.17) is 9.47 Å². The summed E-state index contributed by atoms with van der Waals surface area (Å²) in [6.07, 6.45) is -0.323. The number of para-hydroxylation sites is 1. The minimum Gasteiger partial charge on any atom is -0.459 e. The molecule has 0 unspecified atom stereocenters. The molecule has 0 fully saturated rings. The van der Waals surface area contributed by atoms with Gasteiger partial charge in [-0.3, -0.25) is 14.9 Å². The molecule has 0 spiro atoms. The van der Waals surface area contributed by atoms with Crippen LogP contribution in [0.5, 0.6) is 0 Å². The third kappa shape index (κ3) is 5.02. The van der Waals surface area contributed by atoms with Gasteiger partial charge in [-0.15, -0.1) is 0 Å². The molecule has 2 N–H and O–H groups in total. The van der Waals surface area contributed by atoms with Crippen LogP contribution in [0.1, 0.15) is 51.5 Å². The van der Waals surface area contributed by atoms with E-state index in [0.29, 0.717) is 16.8 Å². The molecule has 2 aromatic rings. The lowest BCUT2D eigenvalue weighted by Gasteiger charge is -2.09. The minimum atomic E-state index is -0.839. The van der Waals surface area contributed by atoms with Gasteiger partial charge in [-0.05, 0) is 45.7 Å². The summed E-state index contributed by atoms with van der Waals surface area (Å²) in [5, 5.41) is 13.5. The highest BCUT2D eigenvalue weighted by atomic mass is 16.6. The Morgan fingerprint density at radius 2 is 1.83 bits per heavy atom. The van der Waals surface area contributed by atoms with Crippen LogP contribution in [0.3, 0.4) is 0 Å². The van der Waals surface area contributed by atoms with Crippen LogP contribution in [0, 0.1) is 30.9 Å². The Labute approximate surface area is 172 Å². The number of carbonyl (C=O) groups excluding carboxylic acids is 3. The number of nitrogens with zero attached hydrogens (tertiary/aromatic N) is 1. The zero-order chi connectivity index (χ0) is 22.6. The quantitative estimate of drug-likeness (QED) is 0.400. The average molecular weight is 417 g/mol. The fraction of sp³-hybridized carbons (Fsp3) is 0.350. The Hall–Kier alpha value is -3.69. The van der Waals surface area contributed by atoms with E-state index < -0.39 is 29.4 Å². The predicted molar refractivity (Wildman–Crippen MR) is 108 cm³/mol. The summed E-state index contributed by atoms with van der Waals surface area (Å²) in [6, 6.07) is 4.37. The first-order valence-electron chi connectivity index (χ1n) is 9.14. The highest BCUT2D eigenvalue weighted by molar-refractivity contribution is 6.00. The van der Waals surface area contributed by atoms with Crippen molar-refractivity contribution >= 4 is 29.2 Å². The molecule has 1 amide bonds. The normalized spacial score (nSPS) is 10.6. The van der Waals surface area contributed by atoms with Crippen LogP contribution >= 0.6 is 0 Å². The molecule has 0 saturated heterocycles. The third-order valence-electron chi connectivity index (χ3n) is 4.23. The summed E-state index contributed by atoms with van der Waals surface area (Å²) in [6.45, 7) is 7.55. The van der Waals surface area contributed by atoms with Gasteiger partial charge in [0.2, 0.25) is 0 Å². The van der Waals surface area contributed by atoms with Gasteiger partial charge in [0.25, 0.3) is 11.6 Å². The highest BCUT2D eigenvalue weighted by Gasteiger charge is 2.25. The molecule has 0 saturated carbocycles. The van der Waals surface area contributed by atoms with E-state index in [1.807, 2.05) is 0 Å². The van der Waals surface area contributed by atoms with Gasteiger partial charge in [0.05, 0.1) is 16.6 Å². The standard InChI is InChI=1S/C20H23N3O7/c1-10(2)30-19(25)16-12(4)18(21-13(16)5)20(26)29-9-15(24)22-17-11(3)7-6-8-14(17)23(27)28/h6-8,10,21H,9H2,1-5H3,(H,22,24). The second-order valence-electron chi connectivity index (χ2n) is 6.93. The fourth-order valence-electron chi connectivity index (χ4n) is 2.88. The number of H-pyrrole nitrogens is 1. The molecule has 1 aromatic carbocycles. The van der Waals surface area contributed by atoms with Crippen LogP contribution < -0.4 is 5.32 Å². The van der Waals surface area contributed by atoms with Crippen LogP contribution in [0.15, 0.2) is 18.2 Å². The molecule has 1 aromatic heterocycles. The number of carbonyl (C=O) groups is 3. The first kappa shape index (κ1) is 22.6. The van der Waals surface area contributed by atoms with Crippen molar-refractivity contribution in [2.24, 2.45) is 0 Å². The number of hydrogen-bond donors (Lipinski definition) is 2. The topological polar surface area (TPSA) is 141 Å². The molecule has 10 heteroatoms. The van der Waals surface area contributed by atoms with Gasteiger partial charge < -0.3 is 19.8 Å². The summed E-state index contributed by atoms with van der Waals surface area (Å²) in [5.41, 5.74) is 1.30. The lowest BCUT2D eigenvalue weighted by atomic mass is 10.1. The fourth-order valence-corrected chi connectivity index (χ4v) is 2.88. The van der Waals surface area contributed by atoms with E-state index in [0.717, 1.165) is 0 Å². The zero-order valence-electron chi connectivity index (χ0n) is 17.3. The Morgan fingerprint density at radius 3 is 2.43 bits per heavy atom. The summed E-state index contributed by atoms with van der Waals surface area (Å²) >= 11 is 0. The number of esters is 2. The highest BCUT2D eigenvalue weighted by Crippen LogP contribution is 2.27. The molecule has 0 radical (unpaired) electrons. The SMILES string of the molecule is Cc1cccc([N+](=O)[O-])c1NC(=O)COC(=O)c1[nH]c(C)c(C(=O)OC(C)C)c1C. The van der Waals surface area contributed by atoms with Crippen molar-refractivity contribution in [1.82, 2.24) is 4.98 Å². The van der Waals surface area contributed by atoms with Crippen molar-refractivity contribution in [2.75, 3.05) is 11.9 Å². The van der Waals surface area contributed by atoms with E-state index in [9.17, 15) is 24.5 Å². The van der Waals surface area contributed by atoms with E-state index in [-0.39, 0.29) is 28.7 Å². The van der Waals surface area contributed by atoms with Crippen LogP contribution in [0.4, 0.5) is 11.4 Å². The number of aryl methyl sites for hydroxylation is 2. The average Bonchev–Trinajstić information content (AvgIpc) is 2.95. The van der Waals surface area contributed by atoms with Crippen LogP contribution in [0.2, 0.25) is 0 Å². The lowest BCUT2D eigenvalue weighted by molar-refractivity contribution is -0.384. The molecular weight excluding hydrogens is 394 g/mol. The Kier molecular flexibility index (Phi) is 6.93. The summed E-state index contributed by atoms with van der Waals surface area (Å²) in [5.74, 6) is -2.14. The predicted octanol–water partition coefficient (Wildman–Crippen LogP) is 3.21. The number of ether oxygens (including phenoxy) is 2. The molecule has 0 bridgehead atoms. The van der Waals surface area contributed by atoms with Gasteiger partial charge in [0, 0.05) is 11.8 Å². The van der Waals surface area contributed by atoms with E-state index in [1.165, 1.54) is 12.1 Å². The zero-order valence-corrected chi connectivity index (χ0v) is 17.3. The van der Waals surface area contributed by atoms with E-state index in [1.54, 1.807) is 40.7 Å². The number of nitrogens with one attached hydrogen (secondary N) is 2. The van der Waals surface area contributed by atoms with E-state index in [2.05, 4.69) is 10.3 Å². The Balaban J connectivity index is 2.09. The number of aromatic nitrogens is 1. The third-order valence-corrected chi connectivity index (χ3v) is 4.23. The number of hydrogen-bond acceptors (Lipinski definition) is 7. The Morgan fingerprint density at radius 1 is 1.17 bits per heavy atom. The summed E-state index contributed by atoms with van der Waals surface area (Å²) < 4.78 is 10.2. The number of aromatic amines is 1. The van der Waals surface area contributed by atoms with E-state index >= 15 is 0 Å². The van der Waals surface area contributed by atoms with Crippen molar-refractivity contribution in [3.8, 4) is 0 Å². The van der Waals surface area contributed by atoms with Gasteiger partial charge in [0.15, 0.2) is 6.61 Å². The van der Waals surface area contributed by atoms with Gasteiger partial charge in [0.1, 0.15) is 11.4 Å². The lowest BCUT2D eigenvalue weighted by Crippen LogP contribution is -2.22. The maximum atomic E-state index is 12.4. The molecule has 160 valence electrons. The number of benzene rings is 1. The van der Waals surface area contributed by atoms with Gasteiger partial charge >= 0.3 is 11.9 Å². The number of rotatable bonds is 7. The molecule has 0 aliphatic carbocycles. The number of nitro benzene ring substituents is 1. The number of nitro groups is 1. The smallest absolute Gasteiger partial charge is 0.355 e. The Bertz CT molecular complexity index is 1010. The van der Waals surface area contributed by atoms with Crippen LogP contribution in [0.25, 0.3) is 0 Å². The van der Waals surface area contributed by atoms with Gasteiger partial charge in [-0.25, -0.2) is 9.59 Å². The molecule has 0 aliphatic heterocycles. The van der Waals surface area contributed by atoms with Crippen molar-refractivity contribution in [3.63, 3.8) is 0 Å². The van der Waals surface area contributed by atoms with Crippen molar-refractivity contribution in [3.05, 3.63) is 56.4 Å². The largest absolute Gasteiger partial charge is 0.459 e. The second kappa shape index (κ2) is 9.21. The molecule has 30 heavy (non-hydrogen) atoms. The van der Waals surface area contributed by atoms with Crippen LogP contribution in [-0.2, 0) is 14.3 Å². The molecule has 1 heterocycles. The number of anilines is 1. The molecule has 10 nitrogen and oxygen atoms in total. The monoisotopic (exact) mass is 417 g/mol. The van der Waals surface area contributed by atoms with Crippen molar-refractivity contribution in [1.29, 1.82) is 0 Å². The van der Waals surface area contributed by atoms with Crippen molar-refractivity contribution < 1.29 is 28.8 Å². The van der Waals surface area contributed by atoms with Gasteiger partial charge in [-0.1, -0.05) is 12.1 Å². The molecule has 2 rings (SSSR count). The minimum absolute atomic E-state index is 0.0258. The van der Waals surface area contributed by atoms with Crippen molar-refractivity contribution in [2.45, 2.75) is 40.7 Å². The summed E-state index contributed by atoms with van der Waals surface area (Å²) in [4.78, 5) is 50.0. The summed E-state index contributed by atoms with van der Waals surface area (Å²) in [7, 11) is 0. The maximum absolute atomic E-state index is 12.4. The van der Waals surface area contributed by atoms with Gasteiger partial charge in [-0.2, -0.15) is 0 Å². The molecule has 0 aliphatic rings. The first-order valence-corrected chi connectivity index (χ1v) is 9.14. The molecule has 0 atom stereocenters. The molecular formula is C20H23N3O7. The van der Waals surface area contributed by atoms with Crippen LogP contribution in [-0.4, -0.2) is 40.5 Å². The maximum Gasteiger partial charge on any atom is 0.355 e. The first-order chi connectivity index (χ1) is 14.0. The second-order valence-corrected chi connectivity index (χ2v) is 6.93.